The van der Waals surface area contributed by atoms with Crippen molar-refractivity contribution in [3.8, 4) is 5.75 Å². The lowest BCUT2D eigenvalue weighted by atomic mass is 10.0. The standard InChI is InChI=1S/C16H14N2O2/c1-10-11(2)18-20-16(10)17-9-14-13-6-4-3-5-12(13)7-8-15(14)19/h3-9,19H,1-2H3/b17-9+. The Kier molecular flexibility index (Phi) is 2.99. The van der Waals surface area contributed by atoms with Gasteiger partial charge >= 0.3 is 0 Å². The van der Waals surface area contributed by atoms with E-state index in [1.54, 1.807) is 12.3 Å². The zero-order valence-corrected chi connectivity index (χ0v) is 11.3. The van der Waals surface area contributed by atoms with Gasteiger partial charge in [-0.25, -0.2) is 4.99 Å². The largest absolute Gasteiger partial charge is 0.507 e. The quantitative estimate of drug-likeness (QED) is 0.715. The van der Waals surface area contributed by atoms with Crippen LogP contribution in [0.25, 0.3) is 10.8 Å². The molecule has 20 heavy (non-hydrogen) atoms. The Hall–Kier alpha value is -2.62. The molecule has 3 aromatic rings. The Morgan fingerprint density at radius 2 is 1.95 bits per heavy atom. The summed E-state index contributed by atoms with van der Waals surface area (Å²) < 4.78 is 5.14. The highest BCUT2D eigenvalue weighted by Gasteiger charge is 2.08. The lowest BCUT2D eigenvalue weighted by Gasteiger charge is -2.04. The smallest absolute Gasteiger partial charge is 0.253 e. The van der Waals surface area contributed by atoms with Crippen LogP contribution in [0.3, 0.4) is 0 Å². The van der Waals surface area contributed by atoms with Crippen LogP contribution in [-0.2, 0) is 0 Å². The molecular weight excluding hydrogens is 252 g/mol. The van der Waals surface area contributed by atoms with Gasteiger partial charge in [0.05, 0.1) is 5.69 Å². The molecule has 4 nitrogen and oxygen atoms in total. The number of aromatic nitrogens is 1. The number of aromatic hydroxyl groups is 1. The van der Waals surface area contributed by atoms with Gasteiger partial charge in [-0.05, 0) is 30.7 Å². The average Bonchev–Trinajstić information content (AvgIpc) is 2.78. The molecule has 1 aromatic heterocycles. The lowest BCUT2D eigenvalue weighted by Crippen LogP contribution is -1.85. The molecule has 0 aliphatic carbocycles. The number of benzene rings is 2. The zero-order valence-electron chi connectivity index (χ0n) is 11.3. The first-order valence-electron chi connectivity index (χ1n) is 6.34. The summed E-state index contributed by atoms with van der Waals surface area (Å²) in [5, 5.41) is 15.9. The second kappa shape index (κ2) is 4.81. The SMILES string of the molecule is Cc1noc(/N=C/c2c(O)ccc3ccccc23)c1C. The van der Waals surface area contributed by atoms with Crippen LogP contribution in [0.15, 0.2) is 45.9 Å². The maximum absolute atomic E-state index is 10.0. The predicted octanol–water partition coefficient (Wildman–Crippen LogP) is 3.90. The highest BCUT2D eigenvalue weighted by Crippen LogP contribution is 2.27. The van der Waals surface area contributed by atoms with Crippen LogP contribution >= 0.6 is 0 Å². The van der Waals surface area contributed by atoms with Crippen LogP contribution in [0.1, 0.15) is 16.8 Å². The number of nitrogens with zero attached hydrogens (tertiary/aromatic N) is 2. The molecule has 0 atom stereocenters. The second-order valence-electron chi connectivity index (χ2n) is 4.68. The molecule has 0 aliphatic rings. The van der Waals surface area contributed by atoms with E-state index in [4.69, 9.17) is 4.52 Å². The van der Waals surface area contributed by atoms with Crippen LogP contribution < -0.4 is 0 Å². The van der Waals surface area contributed by atoms with Gasteiger partial charge in [0, 0.05) is 17.3 Å². The maximum atomic E-state index is 10.0. The van der Waals surface area contributed by atoms with Crippen molar-refractivity contribution in [2.24, 2.45) is 4.99 Å². The van der Waals surface area contributed by atoms with E-state index < -0.39 is 0 Å². The third kappa shape index (κ3) is 2.05. The third-order valence-electron chi connectivity index (χ3n) is 3.39. The van der Waals surface area contributed by atoms with Gasteiger partial charge in [0.1, 0.15) is 5.75 Å². The minimum absolute atomic E-state index is 0.196. The van der Waals surface area contributed by atoms with Crippen molar-refractivity contribution in [1.29, 1.82) is 0 Å². The van der Waals surface area contributed by atoms with E-state index in [2.05, 4.69) is 10.1 Å². The van der Waals surface area contributed by atoms with Crippen molar-refractivity contribution in [3.05, 3.63) is 53.2 Å². The minimum atomic E-state index is 0.196. The zero-order chi connectivity index (χ0) is 14.1. The van der Waals surface area contributed by atoms with E-state index in [0.717, 1.165) is 22.0 Å². The van der Waals surface area contributed by atoms with Crippen LogP contribution in [0.5, 0.6) is 5.75 Å². The summed E-state index contributed by atoms with van der Waals surface area (Å²) in [4.78, 5) is 4.29. The van der Waals surface area contributed by atoms with E-state index >= 15 is 0 Å². The molecule has 0 fully saturated rings. The topological polar surface area (TPSA) is 58.6 Å². The molecule has 1 heterocycles. The summed E-state index contributed by atoms with van der Waals surface area (Å²) in [5.74, 6) is 0.663. The minimum Gasteiger partial charge on any atom is -0.507 e. The fraction of sp³-hybridized carbons (Fsp3) is 0.125. The molecule has 4 heteroatoms. The highest BCUT2D eigenvalue weighted by molar-refractivity contribution is 6.02. The van der Waals surface area contributed by atoms with Crippen molar-refractivity contribution >= 4 is 22.9 Å². The summed E-state index contributed by atoms with van der Waals surface area (Å²) in [6, 6.07) is 11.4. The fourth-order valence-corrected chi connectivity index (χ4v) is 2.07. The van der Waals surface area contributed by atoms with Gasteiger partial charge in [-0.2, -0.15) is 0 Å². The van der Waals surface area contributed by atoms with Crippen molar-refractivity contribution < 1.29 is 9.63 Å². The van der Waals surface area contributed by atoms with Gasteiger partial charge in [-0.1, -0.05) is 35.5 Å². The molecule has 0 bridgehead atoms. The van der Waals surface area contributed by atoms with E-state index in [9.17, 15) is 5.11 Å². The molecule has 0 aliphatic heterocycles. The van der Waals surface area contributed by atoms with Crippen LogP contribution in [0, 0.1) is 13.8 Å². The van der Waals surface area contributed by atoms with Gasteiger partial charge in [0.25, 0.3) is 5.88 Å². The van der Waals surface area contributed by atoms with Gasteiger partial charge in [-0.15, -0.1) is 0 Å². The molecule has 0 spiro atoms. The first-order chi connectivity index (χ1) is 9.66. The molecule has 1 N–H and O–H groups in total. The highest BCUT2D eigenvalue weighted by atomic mass is 16.5. The van der Waals surface area contributed by atoms with E-state index in [0.29, 0.717) is 11.4 Å². The van der Waals surface area contributed by atoms with E-state index in [-0.39, 0.29) is 5.75 Å². The Balaban J connectivity index is 2.11. The molecule has 0 radical (unpaired) electrons. The number of fused-ring (bicyclic) bond motifs is 1. The molecule has 2 aromatic carbocycles. The van der Waals surface area contributed by atoms with Gasteiger partial charge in [0.2, 0.25) is 0 Å². The Morgan fingerprint density at radius 3 is 2.70 bits per heavy atom. The number of phenolic OH excluding ortho intramolecular Hbond substituents is 1. The lowest BCUT2D eigenvalue weighted by molar-refractivity contribution is 0.425. The molecular formula is C16H14N2O2. The third-order valence-corrected chi connectivity index (χ3v) is 3.39. The van der Waals surface area contributed by atoms with Crippen molar-refractivity contribution in [3.63, 3.8) is 0 Å². The summed E-state index contributed by atoms with van der Waals surface area (Å²) in [6.07, 6.45) is 1.62. The number of hydrogen-bond donors (Lipinski definition) is 1. The number of phenols is 1. The average molecular weight is 266 g/mol. The summed E-state index contributed by atoms with van der Waals surface area (Å²) in [7, 11) is 0. The van der Waals surface area contributed by atoms with Crippen LogP contribution in [0.4, 0.5) is 5.88 Å². The number of aryl methyl sites for hydroxylation is 1. The molecule has 0 amide bonds. The van der Waals surface area contributed by atoms with Gasteiger partial charge in [-0.3, -0.25) is 0 Å². The predicted molar refractivity (Wildman–Crippen MR) is 78.8 cm³/mol. The van der Waals surface area contributed by atoms with Gasteiger partial charge < -0.3 is 9.63 Å². The normalized spacial score (nSPS) is 11.5. The number of rotatable bonds is 2. The van der Waals surface area contributed by atoms with Gasteiger partial charge in [0.15, 0.2) is 0 Å². The van der Waals surface area contributed by atoms with Crippen molar-refractivity contribution in [2.75, 3.05) is 0 Å². The first kappa shape index (κ1) is 12.4. The Labute approximate surface area is 116 Å². The summed E-state index contributed by atoms with van der Waals surface area (Å²) in [5.41, 5.74) is 2.40. The molecule has 3 rings (SSSR count). The molecule has 100 valence electrons. The van der Waals surface area contributed by atoms with Crippen molar-refractivity contribution in [2.45, 2.75) is 13.8 Å². The van der Waals surface area contributed by atoms with Crippen LogP contribution in [0.2, 0.25) is 0 Å². The number of hydrogen-bond acceptors (Lipinski definition) is 4. The first-order valence-corrected chi connectivity index (χ1v) is 6.34. The van der Waals surface area contributed by atoms with E-state index in [1.807, 2.05) is 44.2 Å². The maximum Gasteiger partial charge on any atom is 0.253 e. The molecule has 0 saturated heterocycles. The fourth-order valence-electron chi connectivity index (χ4n) is 2.07. The number of aliphatic imine (C=N–C) groups is 1. The monoisotopic (exact) mass is 266 g/mol. The Bertz CT molecular complexity index is 803. The van der Waals surface area contributed by atoms with Crippen LogP contribution in [-0.4, -0.2) is 16.5 Å². The second-order valence-corrected chi connectivity index (χ2v) is 4.68. The molecule has 0 unspecified atom stereocenters. The summed E-state index contributed by atoms with van der Waals surface area (Å²) in [6.45, 7) is 3.77. The Morgan fingerprint density at radius 1 is 1.15 bits per heavy atom. The van der Waals surface area contributed by atoms with E-state index in [1.165, 1.54) is 0 Å². The van der Waals surface area contributed by atoms with Crippen molar-refractivity contribution in [1.82, 2.24) is 5.16 Å². The molecule has 0 saturated carbocycles. The summed E-state index contributed by atoms with van der Waals surface area (Å²) >= 11 is 0.